The quantitative estimate of drug-likeness (QED) is 0.788. The molecule has 0 aromatic carbocycles. The van der Waals surface area contributed by atoms with Gasteiger partial charge in [0, 0.05) is 17.5 Å². The lowest BCUT2D eigenvalue weighted by Crippen LogP contribution is -2.32. The molecule has 5 heteroatoms. The molecule has 1 aromatic heterocycles. The van der Waals surface area contributed by atoms with Gasteiger partial charge in [0.05, 0.1) is 0 Å². The van der Waals surface area contributed by atoms with E-state index in [0.717, 1.165) is 10.4 Å². The second kappa shape index (κ2) is 7.03. The Morgan fingerprint density at radius 3 is 2.47 bits per heavy atom. The minimum atomic E-state index is -1.09. The van der Waals surface area contributed by atoms with Crippen molar-refractivity contribution in [3.63, 3.8) is 0 Å². The molecule has 2 unspecified atom stereocenters. The number of thiophene rings is 1. The van der Waals surface area contributed by atoms with Gasteiger partial charge in [-0.1, -0.05) is 13.8 Å². The summed E-state index contributed by atoms with van der Waals surface area (Å²) in [6, 6.07) is 0.314. The Morgan fingerprint density at radius 1 is 1.42 bits per heavy atom. The van der Waals surface area contributed by atoms with Crippen molar-refractivity contribution in [2.45, 2.75) is 52.9 Å². The fraction of sp³-hybridized carbons (Fsp3) is 0.643. The number of nitrogens with one attached hydrogen (secondary N) is 1. The van der Waals surface area contributed by atoms with Crippen LogP contribution in [0.2, 0.25) is 0 Å². The molecule has 0 saturated heterocycles. The number of hydrogen-bond donors (Lipinski definition) is 2. The fourth-order valence-corrected chi connectivity index (χ4v) is 2.71. The number of aliphatic hydroxyl groups excluding tert-OH is 1. The van der Waals surface area contributed by atoms with E-state index >= 15 is 0 Å². The molecule has 2 atom stereocenters. The van der Waals surface area contributed by atoms with Gasteiger partial charge in [0.1, 0.15) is 12.2 Å². The van der Waals surface area contributed by atoms with Crippen LogP contribution in [0.3, 0.4) is 0 Å². The van der Waals surface area contributed by atoms with E-state index in [2.05, 4.69) is 10.7 Å². The lowest BCUT2D eigenvalue weighted by Gasteiger charge is -2.20. The van der Waals surface area contributed by atoms with Crippen LogP contribution in [0.1, 0.15) is 42.9 Å². The van der Waals surface area contributed by atoms with E-state index in [-0.39, 0.29) is 6.10 Å². The summed E-state index contributed by atoms with van der Waals surface area (Å²) < 4.78 is 5.40. The Kier molecular flexibility index (Phi) is 5.97. The summed E-state index contributed by atoms with van der Waals surface area (Å²) in [5, 5.41) is 14.6. The summed E-state index contributed by atoms with van der Waals surface area (Å²) in [6.07, 6.45) is -1.44. The first-order chi connectivity index (χ1) is 8.82. The number of aryl methyl sites for hydroxylation is 1. The van der Waals surface area contributed by atoms with Crippen LogP contribution in [0.5, 0.6) is 0 Å². The first kappa shape index (κ1) is 16.1. The highest BCUT2D eigenvalue weighted by Gasteiger charge is 2.23. The molecule has 0 aliphatic rings. The Balaban J connectivity index is 2.85. The van der Waals surface area contributed by atoms with Gasteiger partial charge in [0.2, 0.25) is 0 Å². The van der Waals surface area contributed by atoms with Gasteiger partial charge in [-0.05, 0) is 37.3 Å². The SMILES string of the molecule is Cc1csc(C(CNC(C)C)OC(=O)C(C)O)c1C. The van der Waals surface area contributed by atoms with Crippen LogP contribution >= 0.6 is 11.3 Å². The van der Waals surface area contributed by atoms with Crippen molar-refractivity contribution >= 4 is 17.3 Å². The molecule has 4 nitrogen and oxygen atoms in total. The van der Waals surface area contributed by atoms with E-state index < -0.39 is 12.1 Å². The molecular weight excluding hydrogens is 262 g/mol. The van der Waals surface area contributed by atoms with E-state index in [1.807, 2.05) is 27.7 Å². The van der Waals surface area contributed by atoms with E-state index in [0.29, 0.717) is 12.6 Å². The van der Waals surface area contributed by atoms with Crippen LogP contribution in [-0.4, -0.2) is 29.8 Å². The Bertz CT molecular complexity index is 426. The standard InChI is InChI=1S/C14H23NO3S/c1-8(2)15-6-12(18-14(17)11(5)16)13-10(4)9(3)7-19-13/h7-8,11-12,15-16H,6H2,1-5H3. The summed E-state index contributed by atoms with van der Waals surface area (Å²) in [4.78, 5) is 12.6. The zero-order valence-corrected chi connectivity index (χ0v) is 13.0. The van der Waals surface area contributed by atoms with Gasteiger partial charge in [0.15, 0.2) is 0 Å². The fourth-order valence-electron chi connectivity index (χ4n) is 1.61. The first-order valence-electron chi connectivity index (χ1n) is 6.49. The number of esters is 1. The lowest BCUT2D eigenvalue weighted by molar-refractivity contribution is -0.158. The maximum absolute atomic E-state index is 11.6. The molecule has 1 heterocycles. The number of carbonyl (C=O) groups excluding carboxylic acids is 1. The molecule has 0 spiro atoms. The van der Waals surface area contributed by atoms with Gasteiger partial charge in [-0.25, -0.2) is 4.79 Å². The van der Waals surface area contributed by atoms with Crippen LogP contribution in [0.4, 0.5) is 0 Å². The molecule has 0 radical (unpaired) electrons. The third-order valence-corrected chi connectivity index (χ3v) is 4.22. The largest absolute Gasteiger partial charge is 0.453 e. The predicted molar refractivity (Wildman–Crippen MR) is 77.4 cm³/mol. The highest BCUT2D eigenvalue weighted by molar-refractivity contribution is 7.10. The number of aliphatic hydroxyl groups is 1. The summed E-state index contributed by atoms with van der Waals surface area (Å²) in [7, 11) is 0. The molecular formula is C14H23NO3S. The molecule has 1 rings (SSSR count). The van der Waals surface area contributed by atoms with E-state index in [1.54, 1.807) is 11.3 Å². The number of ether oxygens (including phenoxy) is 1. The number of hydrogen-bond acceptors (Lipinski definition) is 5. The normalized spacial score (nSPS) is 14.5. The van der Waals surface area contributed by atoms with Crippen LogP contribution in [0.25, 0.3) is 0 Å². The number of carbonyl (C=O) groups is 1. The zero-order valence-electron chi connectivity index (χ0n) is 12.2. The zero-order chi connectivity index (χ0) is 14.6. The van der Waals surface area contributed by atoms with Crippen LogP contribution in [0.15, 0.2) is 5.38 Å². The lowest BCUT2D eigenvalue weighted by atomic mass is 10.1. The second-order valence-corrected chi connectivity index (χ2v) is 5.98. The maximum Gasteiger partial charge on any atom is 0.335 e. The van der Waals surface area contributed by atoms with Crippen LogP contribution < -0.4 is 5.32 Å². The predicted octanol–water partition coefficient (Wildman–Crippen LogP) is 2.33. The van der Waals surface area contributed by atoms with Gasteiger partial charge >= 0.3 is 5.97 Å². The highest BCUT2D eigenvalue weighted by atomic mass is 32.1. The Labute approximate surface area is 118 Å². The van der Waals surface area contributed by atoms with E-state index in [1.165, 1.54) is 12.5 Å². The Hall–Kier alpha value is -0.910. The molecule has 2 N–H and O–H groups in total. The van der Waals surface area contributed by atoms with Crippen molar-refractivity contribution in [3.05, 3.63) is 21.4 Å². The molecule has 0 aliphatic carbocycles. The third-order valence-electron chi connectivity index (χ3n) is 2.93. The van der Waals surface area contributed by atoms with Gasteiger partial charge in [0.25, 0.3) is 0 Å². The molecule has 19 heavy (non-hydrogen) atoms. The summed E-state index contributed by atoms with van der Waals surface area (Å²) in [5.41, 5.74) is 2.35. The van der Waals surface area contributed by atoms with Crippen LogP contribution in [-0.2, 0) is 9.53 Å². The van der Waals surface area contributed by atoms with Crippen molar-refractivity contribution in [1.82, 2.24) is 5.32 Å². The van der Waals surface area contributed by atoms with Gasteiger partial charge in [-0.2, -0.15) is 0 Å². The Morgan fingerprint density at radius 2 is 2.05 bits per heavy atom. The minimum Gasteiger partial charge on any atom is -0.453 e. The van der Waals surface area contributed by atoms with Crippen molar-refractivity contribution < 1.29 is 14.6 Å². The minimum absolute atomic E-state index is 0.314. The molecule has 0 bridgehead atoms. The summed E-state index contributed by atoms with van der Waals surface area (Å²) >= 11 is 1.59. The highest BCUT2D eigenvalue weighted by Crippen LogP contribution is 2.29. The van der Waals surface area contributed by atoms with Gasteiger partial charge in [-0.3, -0.25) is 0 Å². The summed E-state index contributed by atoms with van der Waals surface area (Å²) in [6.45, 7) is 10.1. The molecule has 0 fully saturated rings. The van der Waals surface area contributed by atoms with E-state index in [4.69, 9.17) is 4.74 Å². The summed E-state index contributed by atoms with van der Waals surface area (Å²) in [5.74, 6) is -0.582. The molecule has 0 amide bonds. The molecule has 1 aromatic rings. The average molecular weight is 285 g/mol. The van der Waals surface area contributed by atoms with Crippen LogP contribution in [0, 0.1) is 13.8 Å². The van der Waals surface area contributed by atoms with Crippen molar-refractivity contribution in [2.24, 2.45) is 0 Å². The monoisotopic (exact) mass is 285 g/mol. The smallest absolute Gasteiger partial charge is 0.335 e. The first-order valence-corrected chi connectivity index (χ1v) is 7.37. The van der Waals surface area contributed by atoms with Crippen molar-refractivity contribution in [1.29, 1.82) is 0 Å². The average Bonchev–Trinajstić information content (AvgIpc) is 2.65. The van der Waals surface area contributed by atoms with Gasteiger partial charge in [-0.15, -0.1) is 11.3 Å². The maximum atomic E-state index is 11.6. The van der Waals surface area contributed by atoms with Gasteiger partial charge < -0.3 is 15.2 Å². The second-order valence-electron chi connectivity index (χ2n) is 5.07. The third kappa shape index (κ3) is 4.60. The number of rotatable bonds is 6. The topological polar surface area (TPSA) is 58.6 Å². The van der Waals surface area contributed by atoms with Crippen molar-refractivity contribution in [2.75, 3.05) is 6.54 Å². The molecule has 108 valence electrons. The van der Waals surface area contributed by atoms with E-state index in [9.17, 15) is 9.90 Å². The van der Waals surface area contributed by atoms with Crippen molar-refractivity contribution in [3.8, 4) is 0 Å². The molecule has 0 aliphatic heterocycles. The molecule has 0 saturated carbocycles.